The third kappa shape index (κ3) is 2.96. The second-order valence-corrected chi connectivity index (χ2v) is 6.40. The van der Waals surface area contributed by atoms with Gasteiger partial charge in [0.15, 0.2) is 0 Å². The molecule has 3 atom stereocenters. The Morgan fingerprint density at radius 1 is 1.05 bits per heavy atom. The molecule has 1 N–H and O–H groups in total. The minimum atomic E-state index is 0. The Balaban J connectivity index is 0.00000132. The van der Waals surface area contributed by atoms with E-state index in [0.717, 1.165) is 5.02 Å². The van der Waals surface area contributed by atoms with Gasteiger partial charge in [-0.1, -0.05) is 48.0 Å². The normalized spacial score (nSPS) is 26.0. The maximum Gasteiger partial charge on any atom is 0.0409 e. The molecular formula is C18H19Cl2N. The summed E-state index contributed by atoms with van der Waals surface area (Å²) in [5.41, 5.74) is 4.34. The van der Waals surface area contributed by atoms with E-state index in [0.29, 0.717) is 18.0 Å². The van der Waals surface area contributed by atoms with E-state index in [1.165, 1.54) is 36.0 Å². The van der Waals surface area contributed by atoms with Crippen molar-refractivity contribution in [1.29, 1.82) is 0 Å². The van der Waals surface area contributed by atoms with E-state index >= 15 is 0 Å². The molecule has 0 radical (unpaired) electrons. The van der Waals surface area contributed by atoms with Crippen molar-refractivity contribution in [3.05, 3.63) is 70.2 Å². The van der Waals surface area contributed by atoms with Crippen LogP contribution in [0.3, 0.4) is 0 Å². The lowest BCUT2D eigenvalue weighted by Crippen LogP contribution is -2.22. The quantitative estimate of drug-likeness (QED) is 0.848. The maximum atomic E-state index is 6.14. The van der Waals surface area contributed by atoms with E-state index in [4.69, 9.17) is 11.6 Å². The number of hydrogen-bond donors (Lipinski definition) is 1. The van der Waals surface area contributed by atoms with Crippen LogP contribution in [0.4, 0.5) is 0 Å². The van der Waals surface area contributed by atoms with Gasteiger partial charge in [0.2, 0.25) is 0 Å². The van der Waals surface area contributed by atoms with Gasteiger partial charge >= 0.3 is 0 Å². The van der Waals surface area contributed by atoms with Gasteiger partial charge in [-0.2, -0.15) is 0 Å². The second-order valence-electron chi connectivity index (χ2n) is 5.96. The molecule has 2 aromatic rings. The lowest BCUT2D eigenvalue weighted by molar-refractivity contribution is 0.521. The summed E-state index contributed by atoms with van der Waals surface area (Å²) >= 11 is 6.14. The van der Waals surface area contributed by atoms with Crippen LogP contribution < -0.4 is 5.32 Å². The molecule has 110 valence electrons. The van der Waals surface area contributed by atoms with Crippen LogP contribution in [0.25, 0.3) is 0 Å². The average Bonchev–Trinajstić information content (AvgIpc) is 3.14. The molecule has 21 heavy (non-hydrogen) atoms. The molecule has 1 saturated carbocycles. The zero-order valence-electron chi connectivity index (χ0n) is 11.8. The molecule has 3 heteroatoms. The fraction of sp³-hybridized carbons (Fsp3) is 0.333. The molecule has 0 heterocycles. The highest BCUT2D eigenvalue weighted by Crippen LogP contribution is 2.44. The average molecular weight is 320 g/mol. The third-order valence-electron chi connectivity index (χ3n) is 4.62. The molecule has 0 spiro atoms. The molecule has 0 aromatic heterocycles. The number of rotatable bonds is 3. The number of halogens is 2. The first kappa shape index (κ1) is 14.9. The molecule has 2 aliphatic carbocycles. The summed E-state index contributed by atoms with van der Waals surface area (Å²) in [6, 6.07) is 18.3. The van der Waals surface area contributed by atoms with Crippen LogP contribution >= 0.6 is 24.0 Å². The van der Waals surface area contributed by atoms with Crippen LogP contribution in [0, 0.1) is 0 Å². The lowest BCUT2D eigenvalue weighted by Gasteiger charge is -2.14. The molecule has 0 aliphatic heterocycles. The second kappa shape index (κ2) is 6.00. The van der Waals surface area contributed by atoms with Gasteiger partial charge in [-0.05, 0) is 48.1 Å². The van der Waals surface area contributed by atoms with Crippen molar-refractivity contribution in [3.8, 4) is 0 Å². The Kier molecular flexibility index (Phi) is 4.26. The Labute approximate surface area is 137 Å². The standard InChI is InChI=1S/C18H18ClN.ClH/c19-14-8-6-13-7-9-17(15(13)10-14)20-18-11-16(18)12-4-2-1-3-5-12;/h1-6,8,10,16-18,20H,7,9,11H2;1H/t16?,17?,18-;/m0./s1. The first-order chi connectivity index (χ1) is 9.81. The van der Waals surface area contributed by atoms with Crippen molar-refractivity contribution >= 4 is 24.0 Å². The van der Waals surface area contributed by atoms with Gasteiger partial charge in [0.05, 0.1) is 0 Å². The molecule has 1 nitrogen and oxygen atoms in total. The molecule has 4 rings (SSSR count). The van der Waals surface area contributed by atoms with Crippen LogP contribution in [-0.2, 0) is 6.42 Å². The van der Waals surface area contributed by atoms with Gasteiger partial charge in [-0.3, -0.25) is 0 Å². The molecule has 0 saturated heterocycles. The van der Waals surface area contributed by atoms with Crippen molar-refractivity contribution in [2.24, 2.45) is 0 Å². The van der Waals surface area contributed by atoms with Gasteiger partial charge in [-0.25, -0.2) is 0 Å². The van der Waals surface area contributed by atoms with Crippen LogP contribution in [-0.4, -0.2) is 6.04 Å². The molecule has 2 aromatic carbocycles. The van der Waals surface area contributed by atoms with Gasteiger partial charge in [0, 0.05) is 23.0 Å². The topological polar surface area (TPSA) is 12.0 Å². The van der Waals surface area contributed by atoms with Crippen molar-refractivity contribution < 1.29 is 0 Å². The van der Waals surface area contributed by atoms with Gasteiger partial charge in [0.25, 0.3) is 0 Å². The van der Waals surface area contributed by atoms with E-state index in [1.54, 1.807) is 0 Å². The lowest BCUT2D eigenvalue weighted by atomic mass is 10.1. The summed E-state index contributed by atoms with van der Waals surface area (Å²) in [7, 11) is 0. The van der Waals surface area contributed by atoms with E-state index < -0.39 is 0 Å². The molecular weight excluding hydrogens is 301 g/mol. The van der Waals surface area contributed by atoms with E-state index in [-0.39, 0.29) is 12.4 Å². The van der Waals surface area contributed by atoms with E-state index in [2.05, 4.69) is 47.8 Å². The zero-order chi connectivity index (χ0) is 13.5. The third-order valence-corrected chi connectivity index (χ3v) is 4.85. The first-order valence-corrected chi connectivity index (χ1v) is 7.78. The predicted octanol–water partition coefficient (Wildman–Crippen LogP) is 4.89. The van der Waals surface area contributed by atoms with Crippen LogP contribution in [0.2, 0.25) is 5.02 Å². The van der Waals surface area contributed by atoms with Crippen LogP contribution in [0.1, 0.15) is 41.5 Å². The Hall–Kier alpha value is -1.02. The van der Waals surface area contributed by atoms with Crippen molar-refractivity contribution in [1.82, 2.24) is 5.32 Å². The Bertz CT molecular complexity index is 626. The summed E-state index contributed by atoms with van der Waals surface area (Å²) in [5, 5.41) is 4.68. The van der Waals surface area contributed by atoms with Crippen molar-refractivity contribution in [2.45, 2.75) is 37.3 Å². The fourth-order valence-corrected chi connectivity index (χ4v) is 3.63. The smallest absolute Gasteiger partial charge is 0.0409 e. The highest BCUT2D eigenvalue weighted by atomic mass is 35.5. The largest absolute Gasteiger partial charge is 0.307 e. The number of fused-ring (bicyclic) bond motifs is 1. The highest BCUT2D eigenvalue weighted by Gasteiger charge is 2.40. The number of hydrogen-bond acceptors (Lipinski definition) is 1. The first-order valence-electron chi connectivity index (χ1n) is 7.40. The summed E-state index contributed by atoms with van der Waals surface area (Å²) < 4.78 is 0. The van der Waals surface area contributed by atoms with Crippen LogP contribution in [0.5, 0.6) is 0 Å². The van der Waals surface area contributed by atoms with E-state index in [9.17, 15) is 0 Å². The molecule has 0 bridgehead atoms. The molecule has 0 amide bonds. The highest BCUT2D eigenvalue weighted by molar-refractivity contribution is 6.30. The summed E-state index contributed by atoms with van der Waals surface area (Å²) in [6.07, 6.45) is 3.64. The minimum Gasteiger partial charge on any atom is -0.307 e. The zero-order valence-corrected chi connectivity index (χ0v) is 13.3. The van der Waals surface area contributed by atoms with Crippen molar-refractivity contribution in [3.63, 3.8) is 0 Å². The summed E-state index contributed by atoms with van der Waals surface area (Å²) in [5.74, 6) is 0.694. The summed E-state index contributed by atoms with van der Waals surface area (Å²) in [6.45, 7) is 0. The van der Waals surface area contributed by atoms with Crippen LogP contribution in [0.15, 0.2) is 48.5 Å². The van der Waals surface area contributed by atoms with Gasteiger partial charge < -0.3 is 5.32 Å². The monoisotopic (exact) mass is 319 g/mol. The minimum absolute atomic E-state index is 0. The van der Waals surface area contributed by atoms with E-state index in [1.807, 2.05) is 6.07 Å². The van der Waals surface area contributed by atoms with Gasteiger partial charge in [0.1, 0.15) is 0 Å². The SMILES string of the molecule is Cl.Clc1ccc2c(c1)C(N[C@H]1CC1c1ccccc1)CC2. The molecule has 2 aliphatic rings. The number of benzene rings is 2. The molecule has 1 fully saturated rings. The maximum absolute atomic E-state index is 6.14. The fourth-order valence-electron chi connectivity index (χ4n) is 3.45. The number of nitrogens with one attached hydrogen (secondary N) is 1. The van der Waals surface area contributed by atoms with Crippen molar-refractivity contribution in [2.75, 3.05) is 0 Å². The Morgan fingerprint density at radius 3 is 2.67 bits per heavy atom. The Morgan fingerprint density at radius 2 is 1.86 bits per heavy atom. The van der Waals surface area contributed by atoms with Gasteiger partial charge in [-0.15, -0.1) is 12.4 Å². The number of aryl methyl sites for hydroxylation is 1. The predicted molar refractivity (Wildman–Crippen MR) is 90.5 cm³/mol. The summed E-state index contributed by atoms with van der Waals surface area (Å²) in [4.78, 5) is 0. The molecule has 2 unspecified atom stereocenters.